The molecule has 1 aromatic carbocycles. The van der Waals surface area contributed by atoms with E-state index in [2.05, 4.69) is 19.9 Å². The van der Waals surface area contributed by atoms with Crippen LogP contribution >= 0.6 is 0 Å². The fourth-order valence-electron chi connectivity index (χ4n) is 2.89. The van der Waals surface area contributed by atoms with Gasteiger partial charge in [-0.15, -0.1) is 0 Å². The molecule has 2 heterocycles. The zero-order chi connectivity index (χ0) is 18.1. The summed E-state index contributed by atoms with van der Waals surface area (Å²) in [6, 6.07) is 5.28. The Morgan fingerprint density at radius 2 is 1.81 bits per heavy atom. The molecule has 26 heavy (non-hydrogen) atoms. The van der Waals surface area contributed by atoms with E-state index in [0.717, 1.165) is 24.8 Å². The van der Waals surface area contributed by atoms with Gasteiger partial charge in [0.15, 0.2) is 23.2 Å². The van der Waals surface area contributed by atoms with Gasteiger partial charge in [-0.2, -0.15) is 0 Å². The van der Waals surface area contributed by atoms with Gasteiger partial charge in [0.25, 0.3) is 0 Å². The zero-order valence-electron chi connectivity index (χ0n) is 13.9. The third-order valence-corrected chi connectivity index (χ3v) is 4.51. The van der Waals surface area contributed by atoms with Crippen molar-refractivity contribution in [3.8, 4) is 23.0 Å². The highest BCUT2D eigenvalue weighted by Crippen LogP contribution is 2.44. The predicted octanol–water partition coefficient (Wildman–Crippen LogP) is 3.30. The van der Waals surface area contributed by atoms with E-state index < -0.39 is 5.82 Å². The van der Waals surface area contributed by atoms with E-state index in [1.165, 1.54) is 6.20 Å². The Kier molecular flexibility index (Phi) is 4.08. The van der Waals surface area contributed by atoms with E-state index in [1.807, 2.05) is 6.07 Å². The van der Waals surface area contributed by atoms with Crippen molar-refractivity contribution in [1.82, 2.24) is 19.9 Å². The van der Waals surface area contributed by atoms with Gasteiger partial charge >= 0.3 is 6.01 Å². The Morgan fingerprint density at radius 3 is 2.46 bits per heavy atom. The monoisotopic (exact) mass is 352 g/mol. The quantitative estimate of drug-likeness (QED) is 0.740. The lowest BCUT2D eigenvalue weighted by Gasteiger charge is -2.28. The average Bonchev–Trinajstić information content (AvgIpc) is 2.60. The van der Waals surface area contributed by atoms with Crippen LogP contribution in [0.4, 0.5) is 16.0 Å². The van der Waals surface area contributed by atoms with Gasteiger partial charge in [0.1, 0.15) is 0 Å². The number of nitrogen functional groups attached to an aromatic ring is 2. The third kappa shape index (κ3) is 2.90. The smallest absolute Gasteiger partial charge is 0.321 e. The van der Waals surface area contributed by atoms with Crippen LogP contribution < -0.4 is 16.2 Å². The molecule has 0 atom stereocenters. The van der Waals surface area contributed by atoms with Crippen molar-refractivity contribution in [2.75, 3.05) is 11.5 Å². The summed E-state index contributed by atoms with van der Waals surface area (Å²) in [5, 5.41) is 0. The number of aromatic nitrogens is 4. The van der Waals surface area contributed by atoms with E-state index in [9.17, 15) is 0 Å². The first-order chi connectivity index (χ1) is 12.6. The van der Waals surface area contributed by atoms with Gasteiger partial charge in [0.2, 0.25) is 0 Å². The Bertz CT molecular complexity index is 946. The highest BCUT2D eigenvalue weighted by molar-refractivity contribution is 5.67. The molecule has 2 aromatic heterocycles. The molecule has 0 spiro atoms. The molecule has 1 aliphatic carbocycles. The summed E-state index contributed by atoms with van der Waals surface area (Å²) in [6.07, 6.45) is 7.59. The molecule has 4 rings (SSSR count). The topological polar surface area (TPSA) is 113 Å². The van der Waals surface area contributed by atoms with Gasteiger partial charge in [-0.25, -0.2) is 24.3 Å². The summed E-state index contributed by atoms with van der Waals surface area (Å²) < 4.78 is 21.0. The summed E-state index contributed by atoms with van der Waals surface area (Å²) in [5.41, 5.74) is 12.6. The number of hydrogen-bond donors (Lipinski definition) is 2. The summed E-state index contributed by atoms with van der Waals surface area (Å²) in [5.74, 6) is 0.00369. The first-order valence-corrected chi connectivity index (χ1v) is 8.29. The molecule has 3 aromatic rings. The van der Waals surface area contributed by atoms with Gasteiger partial charge < -0.3 is 16.2 Å². The third-order valence-electron chi connectivity index (χ3n) is 4.51. The van der Waals surface area contributed by atoms with Crippen LogP contribution in [-0.2, 0) is 0 Å². The van der Waals surface area contributed by atoms with Crippen LogP contribution in [0, 0.1) is 5.82 Å². The van der Waals surface area contributed by atoms with Crippen molar-refractivity contribution in [2.45, 2.75) is 25.2 Å². The minimum absolute atomic E-state index is 0.0545. The first kappa shape index (κ1) is 16.2. The molecular formula is C18H17FN6O. The van der Waals surface area contributed by atoms with Gasteiger partial charge in [0, 0.05) is 23.5 Å². The first-order valence-electron chi connectivity index (χ1n) is 8.29. The molecule has 0 radical (unpaired) electrons. The van der Waals surface area contributed by atoms with Gasteiger partial charge in [-0.3, -0.25) is 0 Å². The number of halogens is 1. The molecule has 7 nitrogen and oxygen atoms in total. The van der Waals surface area contributed by atoms with E-state index in [0.29, 0.717) is 0 Å². The van der Waals surface area contributed by atoms with Crippen molar-refractivity contribution < 1.29 is 9.13 Å². The standard InChI is InChI=1S/C18H17FN6O/c19-14-12(13-9-24-16(20)17(21)25-13)6-5-11(10-3-1-4-10)15(14)26-18-22-7-2-8-23-18/h2,5-10H,1,3-4H2,(H2,20,24)(H2,21,25). The van der Waals surface area contributed by atoms with Crippen LogP contribution in [0.15, 0.2) is 36.8 Å². The van der Waals surface area contributed by atoms with E-state index in [4.69, 9.17) is 16.2 Å². The second kappa shape index (κ2) is 6.55. The van der Waals surface area contributed by atoms with Crippen LogP contribution in [0.3, 0.4) is 0 Å². The number of nitrogens with zero attached hydrogens (tertiary/aromatic N) is 4. The molecule has 1 fully saturated rings. The van der Waals surface area contributed by atoms with Gasteiger partial charge in [-0.1, -0.05) is 12.5 Å². The molecule has 0 amide bonds. The molecule has 0 aliphatic heterocycles. The van der Waals surface area contributed by atoms with Crippen molar-refractivity contribution in [3.63, 3.8) is 0 Å². The fraction of sp³-hybridized carbons (Fsp3) is 0.222. The van der Waals surface area contributed by atoms with Crippen molar-refractivity contribution in [1.29, 1.82) is 0 Å². The average molecular weight is 352 g/mol. The molecule has 0 saturated heterocycles. The highest BCUT2D eigenvalue weighted by Gasteiger charge is 2.27. The van der Waals surface area contributed by atoms with E-state index >= 15 is 4.39 Å². The Morgan fingerprint density at radius 1 is 1.04 bits per heavy atom. The molecule has 0 unspecified atom stereocenters. The normalized spacial score (nSPS) is 14.0. The number of rotatable bonds is 4. The molecule has 1 saturated carbocycles. The summed E-state index contributed by atoms with van der Waals surface area (Å²) in [6.45, 7) is 0. The molecule has 4 N–H and O–H groups in total. The van der Waals surface area contributed by atoms with Crippen LogP contribution in [0.2, 0.25) is 0 Å². The highest BCUT2D eigenvalue weighted by atomic mass is 19.1. The fourth-order valence-corrected chi connectivity index (χ4v) is 2.89. The van der Waals surface area contributed by atoms with Crippen molar-refractivity contribution in [3.05, 3.63) is 48.2 Å². The minimum atomic E-state index is -0.541. The maximum absolute atomic E-state index is 15.3. The lowest BCUT2D eigenvalue weighted by molar-refractivity contribution is 0.371. The Balaban J connectivity index is 1.81. The number of benzene rings is 1. The number of nitrogens with two attached hydrogens (primary N) is 2. The SMILES string of the molecule is Nc1ncc(-c2ccc(C3CCC3)c(Oc3ncccn3)c2F)nc1N. The van der Waals surface area contributed by atoms with Gasteiger partial charge in [-0.05, 0) is 30.9 Å². The Labute approximate surface area is 149 Å². The lowest BCUT2D eigenvalue weighted by atomic mass is 9.79. The molecule has 0 bridgehead atoms. The second-order valence-electron chi connectivity index (χ2n) is 6.13. The van der Waals surface area contributed by atoms with Crippen LogP contribution in [0.25, 0.3) is 11.3 Å². The summed E-state index contributed by atoms with van der Waals surface area (Å²) >= 11 is 0. The minimum Gasteiger partial charge on any atom is -0.421 e. The lowest BCUT2D eigenvalue weighted by Crippen LogP contribution is -2.12. The maximum atomic E-state index is 15.3. The molecule has 132 valence electrons. The van der Waals surface area contributed by atoms with Gasteiger partial charge in [0.05, 0.1) is 11.9 Å². The zero-order valence-corrected chi connectivity index (χ0v) is 13.9. The van der Waals surface area contributed by atoms with E-state index in [1.54, 1.807) is 24.5 Å². The number of ether oxygens (including phenoxy) is 1. The maximum Gasteiger partial charge on any atom is 0.321 e. The van der Waals surface area contributed by atoms with Crippen LogP contribution in [0.1, 0.15) is 30.7 Å². The second-order valence-corrected chi connectivity index (χ2v) is 6.13. The summed E-state index contributed by atoms with van der Waals surface area (Å²) in [7, 11) is 0. The largest absolute Gasteiger partial charge is 0.421 e. The number of hydrogen-bond acceptors (Lipinski definition) is 7. The predicted molar refractivity (Wildman–Crippen MR) is 94.9 cm³/mol. The van der Waals surface area contributed by atoms with E-state index in [-0.39, 0.29) is 40.6 Å². The summed E-state index contributed by atoms with van der Waals surface area (Å²) in [4.78, 5) is 16.1. The van der Waals surface area contributed by atoms with Crippen LogP contribution in [-0.4, -0.2) is 19.9 Å². The van der Waals surface area contributed by atoms with Crippen molar-refractivity contribution >= 4 is 11.6 Å². The molecular weight excluding hydrogens is 335 g/mol. The molecule has 1 aliphatic rings. The molecule has 8 heteroatoms. The Hall–Kier alpha value is -3.29. The number of anilines is 2. The van der Waals surface area contributed by atoms with Crippen LogP contribution in [0.5, 0.6) is 11.8 Å². The van der Waals surface area contributed by atoms with Crippen molar-refractivity contribution in [2.24, 2.45) is 0 Å².